The van der Waals surface area contributed by atoms with Gasteiger partial charge in [-0.1, -0.05) is 11.6 Å². The third-order valence-electron chi connectivity index (χ3n) is 4.17. The van der Waals surface area contributed by atoms with Crippen molar-refractivity contribution in [1.82, 2.24) is 10.2 Å². The second-order valence-corrected chi connectivity index (χ2v) is 6.17. The standard InChI is InChI=1S/C16H24ClN3O/c1-18-15-4-3-13(17)11-14(15)16(21)19-8-5-12-6-9-20(2)10-7-12/h3-4,11-12,18H,5-10H2,1-2H3,(H,19,21). The van der Waals surface area contributed by atoms with Crippen LogP contribution >= 0.6 is 11.6 Å². The Morgan fingerprint density at radius 2 is 2.10 bits per heavy atom. The lowest BCUT2D eigenvalue weighted by molar-refractivity contribution is 0.0949. The zero-order valence-corrected chi connectivity index (χ0v) is 13.5. The van der Waals surface area contributed by atoms with Crippen LogP contribution in [0.5, 0.6) is 0 Å². The van der Waals surface area contributed by atoms with Crippen LogP contribution in [0.1, 0.15) is 29.6 Å². The summed E-state index contributed by atoms with van der Waals surface area (Å²) in [7, 11) is 3.97. The van der Waals surface area contributed by atoms with E-state index in [4.69, 9.17) is 11.6 Å². The maximum absolute atomic E-state index is 12.3. The van der Waals surface area contributed by atoms with E-state index in [0.29, 0.717) is 10.6 Å². The monoisotopic (exact) mass is 309 g/mol. The zero-order chi connectivity index (χ0) is 15.2. The van der Waals surface area contributed by atoms with Crippen LogP contribution in [0, 0.1) is 5.92 Å². The molecule has 1 aliphatic rings. The number of likely N-dealkylation sites (tertiary alicyclic amines) is 1. The Balaban J connectivity index is 1.83. The Bertz CT molecular complexity index is 484. The molecule has 0 atom stereocenters. The number of nitrogens with zero attached hydrogens (tertiary/aromatic N) is 1. The molecule has 0 aromatic heterocycles. The number of hydrogen-bond acceptors (Lipinski definition) is 3. The van der Waals surface area contributed by atoms with Crippen molar-refractivity contribution >= 4 is 23.2 Å². The van der Waals surface area contributed by atoms with Crippen LogP contribution in [0.2, 0.25) is 5.02 Å². The molecule has 1 saturated heterocycles. The predicted octanol–water partition coefficient (Wildman–Crippen LogP) is 2.84. The van der Waals surface area contributed by atoms with Gasteiger partial charge in [0.1, 0.15) is 0 Å². The summed E-state index contributed by atoms with van der Waals surface area (Å²) in [5.41, 5.74) is 1.41. The second kappa shape index (κ2) is 7.66. The molecule has 1 amide bonds. The third kappa shape index (κ3) is 4.61. The Labute approximate surface area is 131 Å². The first-order valence-corrected chi connectivity index (χ1v) is 7.92. The lowest BCUT2D eigenvalue weighted by Gasteiger charge is -2.28. The van der Waals surface area contributed by atoms with Gasteiger partial charge in [0.2, 0.25) is 0 Å². The summed E-state index contributed by atoms with van der Waals surface area (Å²) in [5.74, 6) is 0.666. The van der Waals surface area contributed by atoms with Gasteiger partial charge in [-0.25, -0.2) is 0 Å². The molecule has 116 valence electrons. The zero-order valence-electron chi connectivity index (χ0n) is 12.8. The van der Waals surface area contributed by atoms with Crippen LogP contribution in [0.25, 0.3) is 0 Å². The van der Waals surface area contributed by atoms with Gasteiger partial charge in [0, 0.05) is 24.3 Å². The number of anilines is 1. The molecule has 4 nitrogen and oxygen atoms in total. The molecule has 1 aliphatic heterocycles. The second-order valence-electron chi connectivity index (χ2n) is 5.73. The maximum Gasteiger partial charge on any atom is 0.253 e. The minimum Gasteiger partial charge on any atom is -0.387 e. The Hall–Kier alpha value is -1.26. The molecular formula is C16H24ClN3O. The summed E-state index contributed by atoms with van der Waals surface area (Å²) in [6.07, 6.45) is 3.51. The molecule has 1 aromatic rings. The topological polar surface area (TPSA) is 44.4 Å². The van der Waals surface area contributed by atoms with Crippen molar-refractivity contribution < 1.29 is 4.79 Å². The fourth-order valence-electron chi connectivity index (χ4n) is 2.76. The van der Waals surface area contributed by atoms with Crippen molar-refractivity contribution in [3.63, 3.8) is 0 Å². The highest BCUT2D eigenvalue weighted by atomic mass is 35.5. The Kier molecular flexibility index (Phi) is 5.88. The normalized spacial score (nSPS) is 16.7. The van der Waals surface area contributed by atoms with Gasteiger partial charge >= 0.3 is 0 Å². The molecule has 0 radical (unpaired) electrons. The number of benzene rings is 1. The first-order valence-electron chi connectivity index (χ1n) is 7.54. The van der Waals surface area contributed by atoms with Crippen LogP contribution in [-0.4, -0.2) is 44.5 Å². The average Bonchev–Trinajstić information content (AvgIpc) is 2.49. The number of piperidine rings is 1. The van der Waals surface area contributed by atoms with E-state index in [2.05, 4.69) is 22.6 Å². The number of halogens is 1. The molecule has 0 saturated carbocycles. The number of carbonyl (C=O) groups excluding carboxylic acids is 1. The number of hydrogen-bond donors (Lipinski definition) is 2. The van der Waals surface area contributed by atoms with E-state index in [9.17, 15) is 4.79 Å². The van der Waals surface area contributed by atoms with Gasteiger partial charge in [-0.3, -0.25) is 4.79 Å². The molecule has 21 heavy (non-hydrogen) atoms. The molecule has 0 bridgehead atoms. The largest absolute Gasteiger partial charge is 0.387 e. The minimum absolute atomic E-state index is 0.0604. The Morgan fingerprint density at radius 3 is 2.76 bits per heavy atom. The van der Waals surface area contributed by atoms with Crippen molar-refractivity contribution in [2.45, 2.75) is 19.3 Å². The molecule has 2 rings (SSSR count). The van der Waals surface area contributed by atoms with Crippen LogP contribution in [0.4, 0.5) is 5.69 Å². The first-order chi connectivity index (χ1) is 10.1. The van der Waals surface area contributed by atoms with Crippen LogP contribution in [0.3, 0.4) is 0 Å². The smallest absolute Gasteiger partial charge is 0.253 e. The Morgan fingerprint density at radius 1 is 1.38 bits per heavy atom. The fourth-order valence-corrected chi connectivity index (χ4v) is 2.93. The molecule has 1 aromatic carbocycles. The van der Waals surface area contributed by atoms with Gasteiger partial charge in [0.15, 0.2) is 0 Å². The molecule has 1 fully saturated rings. The highest BCUT2D eigenvalue weighted by Gasteiger charge is 2.17. The summed E-state index contributed by atoms with van der Waals surface area (Å²) >= 11 is 5.97. The highest BCUT2D eigenvalue weighted by Crippen LogP contribution is 2.21. The molecular weight excluding hydrogens is 286 g/mol. The summed E-state index contributed by atoms with van der Waals surface area (Å²) in [6, 6.07) is 5.31. The minimum atomic E-state index is -0.0604. The molecule has 1 heterocycles. The van der Waals surface area contributed by atoms with Crippen LogP contribution in [0.15, 0.2) is 18.2 Å². The molecule has 5 heteroatoms. The quantitative estimate of drug-likeness (QED) is 0.879. The van der Waals surface area contributed by atoms with E-state index >= 15 is 0 Å². The molecule has 0 spiro atoms. The van der Waals surface area contributed by atoms with Gasteiger partial charge in [-0.15, -0.1) is 0 Å². The van der Waals surface area contributed by atoms with Gasteiger partial charge in [0.05, 0.1) is 5.56 Å². The predicted molar refractivity (Wildman–Crippen MR) is 88.2 cm³/mol. The number of rotatable bonds is 5. The van der Waals surface area contributed by atoms with E-state index in [1.54, 1.807) is 19.2 Å². The van der Waals surface area contributed by atoms with Gasteiger partial charge in [-0.05, 0) is 63.5 Å². The fraction of sp³-hybridized carbons (Fsp3) is 0.562. The van der Waals surface area contributed by atoms with E-state index in [-0.39, 0.29) is 5.91 Å². The van der Waals surface area contributed by atoms with Crippen LogP contribution < -0.4 is 10.6 Å². The van der Waals surface area contributed by atoms with Crippen molar-refractivity contribution in [3.05, 3.63) is 28.8 Å². The van der Waals surface area contributed by atoms with Crippen molar-refractivity contribution in [2.24, 2.45) is 5.92 Å². The average molecular weight is 310 g/mol. The lowest BCUT2D eigenvalue weighted by atomic mass is 9.94. The van der Waals surface area contributed by atoms with Crippen molar-refractivity contribution in [1.29, 1.82) is 0 Å². The van der Waals surface area contributed by atoms with E-state index in [1.165, 1.54) is 12.8 Å². The molecule has 0 aliphatic carbocycles. The SMILES string of the molecule is CNc1ccc(Cl)cc1C(=O)NCCC1CCN(C)CC1. The van der Waals surface area contributed by atoms with Gasteiger partial charge < -0.3 is 15.5 Å². The van der Waals surface area contributed by atoms with Crippen molar-refractivity contribution in [3.8, 4) is 0 Å². The summed E-state index contributed by atoms with van der Waals surface area (Å²) in [6.45, 7) is 3.05. The summed E-state index contributed by atoms with van der Waals surface area (Å²) in [4.78, 5) is 14.6. The summed E-state index contributed by atoms with van der Waals surface area (Å²) in [5, 5.41) is 6.61. The van der Waals surface area contributed by atoms with Crippen molar-refractivity contribution in [2.75, 3.05) is 39.0 Å². The van der Waals surface area contributed by atoms with Gasteiger partial charge in [-0.2, -0.15) is 0 Å². The lowest BCUT2D eigenvalue weighted by Crippen LogP contribution is -2.32. The van der Waals surface area contributed by atoms with E-state index in [1.807, 2.05) is 6.07 Å². The maximum atomic E-state index is 12.3. The summed E-state index contributed by atoms with van der Waals surface area (Å²) < 4.78 is 0. The van der Waals surface area contributed by atoms with Crippen LogP contribution in [-0.2, 0) is 0 Å². The van der Waals surface area contributed by atoms with E-state index < -0.39 is 0 Å². The number of amides is 1. The molecule has 0 unspecified atom stereocenters. The third-order valence-corrected chi connectivity index (χ3v) is 4.41. The number of carbonyl (C=O) groups is 1. The van der Waals surface area contributed by atoms with Gasteiger partial charge in [0.25, 0.3) is 5.91 Å². The first kappa shape index (κ1) is 16.1. The number of nitrogens with one attached hydrogen (secondary N) is 2. The highest BCUT2D eigenvalue weighted by molar-refractivity contribution is 6.31. The van der Waals surface area contributed by atoms with E-state index in [0.717, 1.165) is 37.7 Å². The molecule has 2 N–H and O–H groups in total.